The molecule has 1 saturated carbocycles. The summed E-state index contributed by atoms with van der Waals surface area (Å²) in [5, 5.41) is 12.9. The highest BCUT2D eigenvalue weighted by Gasteiger charge is 2.33. The number of aryl methyl sites for hydroxylation is 1. The minimum Gasteiger partial charge on any atom is -0.378 e. The summed E-state index contributed by atoms with van der Waals surface area (Å²) in [6.07, 6.45) is 7.12. The second kappa shape index (κ2) is 5.42. The van der Waals surface area contributed by atoms with Crippen molar-refractivity contribution in [2.75, 3.05) is 6.61 Å². The van der Waals surface area contributed by atoms with E-state index in [1.807, 2.05) is 0 Å². The largest absolute Gasteiger partial charge is 0.378 e. The Balaban J connectivity index is 1.74. The first-order valence-corrected chi connectivity index (χ1v) is 8.68. The van der Waals surface area contributed by atoms with E-state index in [1.54, 1.807) is 4.57 Å². The lowest BCUT2D eigenvalue weighted by atomic mass is 10.0. The second-order valence-electron chi connectivity index (χ2n) is 5.57. The molecule has 1 aliphatic heterocycles. The summed E-state index contributed by atoms with van der Waals surface area (Å²) >= 11 is 0. The Labute approximate surface area is 118 Å². The third-order valence-corrected chi connectivity index (χ3v) is 4.65. The van der Waals surface area contributed by atoms with Crippen molar-refractivity contribution in [3.05, 3.63) is 5.82 Å². The van der Waals surface area contributed by atoms with Crippen molar-refractivity contribution in [3.63, 3.8) is 0 Å². The molecular weight excluding hydrogens is 280 g/mol. The summed E-state index contributed by atoms with van der Waals surface area (Å²) in [5.74, 6) is 0.714. The Morgan fingerprint density at radius 1 is 1.25 bits per heavy atom. The number of sulfonamides is 1. The van der Waals surface area contributed by atoms with Crippen LogP contribution >= 0.6 is 0 Å². The lowest BCUT2D eigenvalue weighted by Crippen LogP contribution is -2.21. The number of primary sulfonamides is 1. The van der Waals surface area contributed by atoms with Gasteiger partial charge in [0.2, 0.25) is 0 Å². The van der Waals surface area contributed by atoms with Crippen LogP contribution in [-0.2, 0) is 21.2 Å². The fourth-order valence-electron chi connectivity index (χ4n) is 2.70. The fraction of sp³-hybridized carbons (Fsp3) is 0.833. The van der Waals surface area contributed by atoms with Gasteiger partial charge in [0.1, 0.15) is 5.82 Å². The first-order valence-electron chi connectivity index (χ1n) is 7.14. The molecule has 8 heteroatoms. The van der Waals surface area contributed by atoms with Crippen LogP contribution in [0.15, 0.2) is 5.16 Å². The van der Waals surface area contributed by atoms with Crippen molar-refractivity contribution in [3.8, 4) is 0 Å². The molecule has 1 saturated heterocycles. The fourth-order valence-corrected chi connectivity index (χ4v) is 3.38. The Kier molecular flexibility index (Phi) is 3.78. The van der Waals surface area contributed by atoms with Crippen LogP contribution in [0.5, 0.6) is 0 Å². The average Bonchev–Trinajstić information content (AvgIpc) is 3.16. The predicted molar refractivity (Wildman–Crippen MR) is 71.6 cm³/mol. The quantitative estimate of drug-likeness (QED) is 0.865. The molecule has 2 N–H and O–H groups in total. The molecule has 0 amide bonds. The van der Waals surface area contributed by atoms with Gasteiger partial charge in [-0.2, -0.15) is 0 Å². The minimum atomic E-state index is -3.80. The molecular formula is C12H20N4O3S. The van der Waals surface area contributed by atoms with Gasteiger partial charge in [-0.15, -0.1) is 10.2 Å². The molecule has 1 aromatic rings. The smallest absolute Gasteiger partial charge is 0.273 e. The van der Waals surface area contributed by atoms with Crippen molar-refractivity contribution < 1.29 is 13.2 Å². The first-order chi connectivity index (χ1) is 9.55. The zero-order chi connectivity index (χ0) is 14.2. The first kappa shape index (κ1) is 14.0. The van der Waals surface area contributed by atoms with E-state index in [2.05, 4.69) is 10.2 Å². The molecule has 2 aliphatic rings. The lowest BCUT2D eigenvalue weighted by Gasteiger charge is -2.22. The monoisotopic (exact) mass is 300 g/mol. The maximum absolute atomic E-state index is 11.5. The molecule has 1 unspecified atom stereocenters. The second-order valence-corrected chi connectivity index (χ2v) is 7.03. The Hall–Kier alpha value is -0.990. The van der Waals surface area contributed by atoms with Crippen molar-refractivity contribution >= 4 is 10.0 Å². The van der Waals surface area contributed by atoms with Crippen molar-refractivity contribution in [2.45, 2.75) is 62.2 Å². The van der Waals surface area contributed by atoms with Gasteiger partial charge in [0.05, 0.1) is 6.10 Å². The molecule has 1 atom stereocenters. The number of hydrogen-bond acceptors (Lipinski definition) is 5. The van der Waals surface area contributed by atoms with E-state index >= 15 is 0 Å². The van der Waals surface area contributed by atoms with Gasteiger partial charge in [-0.05, 0) is 38.5 Å². The number of nitrogens with zero attached hydrogens (tertiary/aromatic N) is 3. The van der Waals surface area contributed by atoms with E-state index in [-0.39, 0.29) is 17.3 Å². The predicted octanol–water partition coefficient (Wildman–Crippen LogP) is 0.762. The summed E-state index contributed by atoms with van der Waals surface area (Å²) in [4.78, 5) is 0. The molecule has 0 bridgehead atoms. The summed E-state index contributed by atoms with van der Waals surface area (Å²) < 4.78 is 30.5. The minimum absolute atomic E-state index is 0.0976. The summed E-state index contributed by atoms with van der Waals surface area (Å²) in [6, 6.07) is 0.195. The highest BCUT2D eigenvalue weighted by atomic mass is 32.2. The normalized spacial score (nSPS) is 23.9. The molecule has 3 rings (SSSR count). The molecule has 7 nitrogen and oxygen atoms in total. The van der Waals surface area contributed by atoms with Gasteiger partial charge in [-0.3, -0.25) is 4.57 Å². The summed E-state index contributed by atoms with van der Waals surface area (Å²) in [6.45, 7) is 0.822. The van der Waals surface area contributed by atoms with E-state index in [9.17, 15) is 8.42 Å². The van der Waals surface area contributed by atoms with E-state index in [0.29, 0.717) is 12.2 Å². The van der Waals surface area contributed by atoms with Gasteiger partial charge in [0, 0.05) is 19.1 Å². The Bertz CT molecular complexity index is 574. The SMILES string of the molecule is NS(=O)(=O)c1nnc(CCC2CCCCO2)n1C1CC1. The van der Waals surface area contributed by atoms with E-state index < -0.39 is 10.0 Å². The molecule has 0 radical (unpaired) electrons. The topological polar surface area (TPSA) is 100 Å². The number of aromatic nitrogens is 3. The molecule has 2 fully saturated rings. The van der Waals surface area contributed by atoms with Crippen LogP contribution in [0, 0.1) is 0 Å². The van der Waals surface area contributed by atoms with Crippen molar-refractivity contribution in [1.29, 1.82) is 0 Å². The molecule has 112 valence electrons. The molecule has 0 aromatic carbocycles. The van der Waals surface area contributed by atoms with Gasteiger partial charge in [0.15, 0.2) is 0 Å². The Morgan fingerprint density at radius 2 is 2.05 bits per heavy atom. The van der Waals surface area contributed by atoms with Gasteiger partial charge in [-0.25, -0.2) is 13.6 Å². The van der Waals surface area contributed by atoms with Crippen LogP contribution in [0.25, 0.3) is 0 Å². The van der Waals surface area contributed by atoms with Crippen LogP contribution in [0.4, 0.5) is 0 Å². The summed E-state index contributed by atoms with van der Waals surface area (Å²) in [7, 11) is -3.80. The van der Waals surface area contributed by atoms with E-state index in [4.69, 9.17) is 9.88 Å². The molecule has 20 heavy (non-hydrogen) atoms. The van der Waals surface area contributed by atoms with Crippen LogP contribution < -0.4 is 5.14 Å². The van der Waals surface area contributed by atoms with Gasteiger partial charge in [-0.1, -0.05) is 0 Å². The zero-order valence-electron chi connectivity index (χ0n) is 11.4. The van der Waals surface area contributed by atoms with Crippen molar-refractivity contribution in [2.24, 2.45) is 5.14 Å². The molecule has 0 spiro atoms. The average molecular weight is 300 g/mol. The maximum atomic E-state index is 11.5. The van der Waals surface area contributed by atoms with Crippen molar-refractivity contribution in [1.82, 2.24) is 14.8 Å². The van der Waals surface area contributed by atoms with Gasteiger partial charge < -0.3 is 4.74 Å². The van der Waals surface area contributed by atoms with Crippen LogP contribution in [0.3, 0.4) is 0 Å². The Morgan fingerprint density at radius 3 is 2.65 bits per heavy atom. The zero-order valence-corrected chi connectivity index (χ0v) is 12.2. The van der Waals surface area contributed by atoms with E-state index in [0.717, 1.165) is 38.7 Å². The van der Waals surface area contributed by atoms with Gasteiger partial charge in [0.25, 0.3) is 15.2 Å². The third kappa shape index (κ3) is 3.02. The number of rotatable bonds is 5. The van der Waals surface area contributed by atoms with E-state index in [1.165, 1.54) is 6.42 Å². The molecule has 2 heterocycles. The van der Waals surface area contributed by atoms with Gasteiger partial charge >= 0.3 is 0 Å². The lowest BCUT2D eigenvalue weighted by molar-refractivity contribution is 0.0111. The molecule has 1 aliphatic carbocycles. The maximum Gasteiger partial charge on any atom is 0.273 e. The van der Waals surface area contributed by atoms with Crippen LogP contribution in [0.1, 0.15) is 50.4 Å². The molecule has 1 aromatic heterocycles. The van der Waals surface area contributed by atoms with Crippen LogP contribution in [0.2, 0.25) is 0 Å². The van der Waals surface area contributed by atoms with Crippen LogP contribution in [-0.4, -0.2) is 35.9 Å². The highest BCUT2D eigenvalue weighted by Crippen LogP contribution is 2.37. The number of hydrogen-bond donors (Lipinski definition) is 1. The summed E-state index contributed by atoms with van der Waals surface area (Å²) in [5.41, 5.74) is 0. The third-order valence-electron chi connectivity index (χ3n) is 3.87. The standard InChI is InChI=1S/C12H20N4O3S/c13-20(17,18)12-15-14-11(16(12)9-4-5-9)7-6-10-3-1-2-8-19-10/h9-10H,1-8H2,(H2,13,17,18). The highest BCUT2D eigenvalue weighted by molar-refractivity contribution is 7.89. The number of ether oxygens (including phenoxy) is 1. The number of nitrogens with two attached hydrogens (primary N) is 1.